The SMILES string of the molecule is COC1=C2C(=O)C(=CC1=O)NC(=O)/C(C)=C/C=C\[C@H](OC)[C@@H](OC(N)=O)/C(C)=C/[C@H](C)[C@@H](O)[C@@H](OC)C[C@H](C)[C@H]2O. The summed E-state index contributed by atoms with van der Waals surface area (Å²) < 4.78 is 21.5. The third-order valence-electron chi connectivity index (χ3n) is 7.14. The molecule has 1 aliphatic carbocycles. The molecule has 0 unspecified atom stereocenters. The van der Waals surface area contributed by atoms with Crippen LogP contribution in [0.25, 0.3) is 0 Å². The lowest BCUT2D eigenvalue weighted by Gasteiger charge is -2.31. The summed E-state index contributed by atoms with van der Waals surface area (Å²) in [5.41, 5.74) is 5.39. The number of Topliss-reactive ketones (excluding diaryl/α,β-unsaturated/α-hetero) is 1. The lowest BCUT2D eigenvalue weighted by Crippen LogP contribution is -2.40. The molecule has 2 amide bonds. The number of carbonyl (C=O) groups is 4. The summed E-state index contributed by atoms with van der Waals surface area (Å²) in [6, 6.07) is 0. The summed E-state index contributed by atoms with van der Waals surface area (Å²) in [6.07, 6.45) is 1.02. The lowest BCUT2D eigenvalue weighted by molar-refractivity contribution is -0.121. The molecule has 0 saturated heterocycles. The van der Waals surface area contributed by atoms with Crippen molar-refractivity contribution in [1.82, 2.24) is 5.32 Å². The van der Waals surface area contributed by atoms with Gasteiger partial charge < -0.3 is 40.2 Å². The Labute approximate surface area is 239 Å². The number of rotatable bonds is 4. The third-order valence-corrected chi connectivity index (χ3v) is 7.14. The first-order valence-electron chi connectivity index (χ1n) is 13.1. The van der Waals surface area contributed by atoms with Crippen molar-refractivity contribution >= 4 is 23.6 Å². The third kappa shape index (κ3) is 8.23. The van der Waals surface area contributed by atoms with Crippen LogP contribution >= 0.6 is 0 Å². The molecule has 226 valence electrons. The number of amides is 2. The number of aliphatic hydroxyl groups is 2. The van der Waals surface area contributed by atoms with Crippen molar-refractivity contribution in [3.8, 4) is 0 Å². The molecular weight excluding hydrogens is 536 g/mol. The molecule has 1 heterocycles. The van der Waals surface area contributed by atoms with Gasteiger partial charge in [-0.2, -0.15) is 0 Å². The minimum atomic E-state index is -1.49. The molecule has 2 rings (SSSR count). The predicted molar refractivity (Wildman–Crippen MR) is 148 cm³/mol. The molecule has 0 radical (unpaired) electrons. The van der Waals surface area contributed by atoms with Crippen LogP contribution in [0.15, 0.2) is 58.6 Å². The number of methoxy groups -OCH3 is 3. The molecule has 0 spiro atoms. The van der Waals surface area contributed by atoms with Crippen LogP contribution in [0.2, 0.25) is 0 Å². The van der Waals surface area contributed by atoms with Crippen LogP contribution in [0.5, 0.6) is 0 Å². The van der Waals surface area contributed by atoms with Crippen molar-refractivity contribution < 1.29 is 48.3 Å². The second kappa shape index (κ2) is 14.9. The summed E-state index contributed by atoms with van der Waals surface area (Å²) in [6.45, 7) is 6.55. The van der Waals surface area contributed by atoms with Crippen LogP contribution in [0.4, 0.5) is 4.79 Å². The molecule has 0 aromatic heterocycles. The molecule has 12 nitrogen and oxygen atoms in total. The number of ketones is 2. The molecule has 2 aliphatic rings. The van der Waals surface area contributed by atoms with Gasteiger partial charge in [0.05, 0.1) is 36.7 Å². The quantitative estimate of drug-likeness (QED) is 0.282. The summed E-state index contributed by atoms with van der Waals surface area (Å²) in [5, 5.41) is 24.8. The van der Waals surface area contributed by atoms with E-state index in [-0.39, 0.29) is 29.0 Å². The van der Waals surface area contributed by atoms with E-state index in [4.69, 9.17) is 24.7 Å². The van der Waals surface area contributed by atoms with E-state index >= 15 is 0 Å². The Morgan fingerprint density at radius 2 is 1.73 bits per heavy atom. The normalized spacial score (nSPS) is 34.0. The van der Waals surface area contributed by atoms with E-state index in [1.54, 1.807) is 32.9 Å². The fraction of sp³-hybridized carbons (Fsp3) is 0.517. The standard InChI is InChI=1S/C29H40N2O10/c1-14-9-8-10-20(38-5)26(41-29(30)37)17(4)11-15(2)23(33)21(39-6)12-16(3)24(34)22-25(35)18(31-28(14)36)13-19(32)27(22)40-7/h8-11,13,15-16,20-21,23-24,26,33-34H,12H2,1-7H3,(H2,30,37)(H,31,36)/b10-8-,14-9+,17-11+/t15-,16-,20-,21-,23+,24+,26-/m0/s1. The van der Waals surface area contributed by atoms with Gasteiger partial charge in [-0.25, -0.2) is 4.79 Å². The molecule has 12 heteroatoms. The maximum Gasteiger partial charge on any atom is 0.405 e. The van der Waals surface area contributed by atoms with E-state index in [2.05, 4.69) is 5.32 Å². The van der Waals surface area contributed by atoms with Crippen LogP contribution in [-0.4, -0.2) is 85.6 Å². The number of ether oxygens (including phenoxy) is 4. The number of fused-ring (bicyclic) bond motifs is 2. The zero-order valence-electron chi connectivity index (χ0n) is 24.4. The highest BCUT2D eigenvalue weighted by molar-refractivity contribution is 6.23. The number of allylic oxidation sites excluding steroid dienone is 4. The Morgan fingerprint density at radius 1 is 1.07 bits per heavy atom. The molecule has 7 atom stereocenters. The Bertz CT molecular complexity index is 1180. The molecule has 41 heavy (non-hydrogen) atoms. The fourth-order valence-electron chi connectivity index (χ4n) is 4.77. The summed E-state index contributed by atoms with van der Waals surface area (Å²) in [7, 11) is 4.01. The van der Waals surface area contributed by atoms with Crippen molar-refractivity contribution in [1.29, 1.82) is 0 Å². The molecule has 2 bridgehead atoms. The van der Waals surface area contributed by atoms with E-state index in [1.165, 1.54) is 40.4 Å². The van der Waals surface area contributed by atoms with E-state index in [0.29, 0.717) is 5.57 Å². The number of aliphatic hydroxyl groups excluding tert-OH is 2. The minimum Gasteiger partial charge on any atom is -0.492 e. The highest BCUT2D eigenvalue weighted by atomic mass is 16.6. The molecule has 5 N–H and O–H groups in total. The van der Waals surface area contributed by atoms with Gasteiger partial charge in [-0.1, -0.05) is 38.2 Å². The second-order valence-electron chi connectivity index (χ2n) is 10.1. The highest BCUT2D eigenvalue weighted by Crippen LogP contribution is 2.30. The van der Waals surface area contributed by atoms with Crippen molar-refractivity contribution in [2.24, 2.45) is 17.6 Å². The molecule has 0 aromatic carbocycles. The number of hydrogen-bond acceptors (Lipinski definition) is 10. The summed E-state index contributed by atoms with van der Waals surface area (Å²) >= 11 is 0. The van der Waals surface area contributed by atoms with Crippen molar-refractivity contribution in [2.75, 3.05) is 21.3 Å². The van der Waals surface area contributed by atoms with Crippen molar-refractivity contribution in [2.45, 2.75) is 64.6 Å². The maximum atomic E-state index is 13.4. The van der Waals surface area contributed by atoms with E-state index in [9.17, 15) is 29.4 Å². The first kappa shape index (κ1) is 33.6. The van der Waals surface area contributed by atoms with Gasteiger partial charge in [-0.05, 0) is 31.8 Å². The summed E-state index contributed by atoms with van der Waals surface area (Å²) in [5.74, 6) is -3.71. The molecule has 0 aromatic rings. The van der Waals surface area contributed by atoms with Gasteiger partial charge >= 0.3 is 6.09 Å². The monoisotopic (exact) mass is 576 g/mol. The van der Waals surface area contributed by atoms with Crippen LogP contribution in [0.3, 0.4) is 0 Å². The Balaban J connectivity index is 2.66. The first-order chi connectivity index (χ1) is 19.3. The van der Waals surface area contributed by atoms with Gasteiger partial charge in [-0.3, -0.25) is 14.4 Å². The maximum absolute atomic E-state index is 13.4. The highest BCUT2D eigenvalue weighted by Gasteiger charge is 2.38. The van der Waals surface area contributed by atoms with E-state index in [1.807, 2.05) is 0 Å². The van der Waals surface area contributed by atoms with Crippen molar-refractivity contribution in [3.63, 3.8) is 0 Å². The Morgan fingerprint density at radius 3 is 2.29 bits per heavy atom. The zero-order chi connectivity index (χ0) is 31.0. The van der Waals surface area contributed by atoms with Crippen molar-refractivity contribution in [3.05, 3.63) is 58.6 Å². The number of hydrogen-bond donors (Lipinski definition) is 4. The number of primary amides is 1. The van der Waals surface area contributed by atoms with Gasteiger partial charge in [0.15, 0.2) is 11.9 Å². The van der Waals surface area contributed by atoms with Gasteiger partial charge in [0.1, 0.15) is 6.10 Å². The van der Waals surface area contributed by atoms with Crippen LogP contribution in [0.1, 0.15) is 34.1 Å². The average Bonchev–Trinajstić information content (AvgIpc) is 2.92. The molecule has 0 saturated carbocycles. The van der Waals surface area contributed by atoms with E-state index in [0.717, 1.165) is 6.08 Å². The van der Waals surface area contributed by atoms with Gasteiger partial charge in [0, 0.05) is 31.8 Å². The average molecular weight is 577 g/mol. The number of nitrogens with one attached hydrogen (secondary N) is 1. The zero-order valence-corrected chi connectivity index (χ0v) is 24.4. The van der Waals surface area contributed by atoms with Crippen LogP contribution < -0.4 is 11.1 Å². The van der Waals surface area contributed by atoms with Gasteiger partial charge in [-0.15, -0.1) is 0 Å². The second-order valence-corrected chi connectivity index (χ2v) is 10.1. The Kier molecular flexibility index (Phi) is 12.2. The lowest BCUT2D eigenvalue weighted by atomic mass is 9.83. The predicted octanol–water partition coefficient (Wildman–Crippen LogP) is 1.38. The minimum absolute atomic E-state index is 0.0793. The number of carbonyl (C=O) groups excluding carboxylic acids is 4. The van der Waals surface area contributed by atoms with Crippen LogP contribution in [0, 0.1) is 11.8 Å². The van der Waals surface area contributed by atoms with E-state index < -0.39 is 65.9 Å². The smallest absolute Gasteiger partial charge is 0.405 e. The topological polar surface area (TPSA) is 184 Å². The molecule has 1 aliphatic heterocycles. The Hall–Kier alpha value is -3.58. The van der Waals surface area contributed by atoms with Gasteiger partial charge in [0.2, 0.25) is 11.6 Å². The fourth-order valence-corrected chi connectivity index (χ4v) is 4.77. The molecule has 0 fully saturated rings. The van der Waals surface area contributed by atoms with Crippen LogP contribution in [-0.2, 0) is 33.3 Å². The molecular formula is C29H40N2O10. The first-order valence-corrected chi connectivity index (χ1v) is 13.1. The summed E-state index contributed by atoms with van der Waals surface area (Å²) in [4.78, 5) is 50.7. The number of nitrogens with two attached hydrogens (primary N) is 1. The largest absolute Gasteiger partial charge is 0.492 e. The van der Waals surface area contributed by atoms with Gasteiger partial charge in [0.25, 0.3) is 5.91 Å².